The van der Waals surface area contributed by atoms with Gasteiger partial charge in [0.15, 0.2) is 0 Å². The number of benzene rings is 1. The molecule has 1 aromatic carbocycles. The predicted octanol–water partition coefficient (Wildman–Crippen LogP) is 2.86. The number of amides is 2. The van der Waals surface area contributed by atoms with Gasteiger partial charge in [0.2, 0.25) is 0 Å². The van der Waals surface area contributed by atoms with Crippen LogP contribution in [0.2, 0.25) is 0 Å². The first-order valence-corrected chi connectivity index (χ1v) is 9.33. The maximum Gasteiger partial charge on any atom is 0.275 e. The smallest absolute Gasteiger partial charge is 0.275 e. The number of aromatic nitrogens is 1. The van der Waals surface area contributed by atoms with Crippen molar-refractivity contribution in [3.63, 3.8) is 0 Å². The molecule has 1 aliphatic rings. The first-order chi connectivity index (χ1) is 12.1. The first-order valence-electron chi connectivity index (χ1n) is 8.45. The average molecular weight is 395 g/mol. The largest absolute Gasteiger partial charge is 0.339 e. The van der Waals surface area contributed by atoms with Crippen LogP contribution in [0.25, 0.3) is 0 Å². The van der Waals surface area contributed by atoms with Crippen LogP contribution in [-0.2, 0) is 6.42 Å². The van der Waals surface area contributed by atoms with E-state index in [9.17, 15) is 9.59 Å². The van der Waals surface area contributed by atoms with E-state index in [0.717, 1.165) is 36.5 Å². The maximum atomic E-state index is 12.8. The second-order valence-electron chi connectivity index (χ2n) is 6.12. The van der Waals surface area contributed by atoms with E-state index in [1.807, 2.05) is 24.0 Å². The van der Waals surface area contributed by atoms with Gasteiger partial charge in [-0.25, -0.2) is 4.98 Å². The Morgan fingerprint density at radius 1 is 1.31 bits per heavy atom. The van der Waals surface area contributed by atoms with Crippen LogP contribution < -0.4 is 11.1 Å². The van der Waals surface area contributed by atoms with Gasteiger partial charge in [-0.1, -0.05) is 12.1 Å². The number of nitrogens with one attached hydrogen (secondary N) is 1. The molecule has 1 fully saturated rings. The highest BCUT2D eigenvalue weighted by Gasteiger charge is 2.24. The summed E-state index contributed by atoms with van der Waals surface area (Å²) >= 11 is 1.42. The fraction of sp³-hybridized carbons (Fsp3) is 0.389. The van der Waals surface area contributed by atoms with Crippen molar-refractivity contribution < 1.29 is 9.59 Å². The summed E-state index contributed by atoms with van der Waals surface area (Å²) in [5.74, 6) is -0.325. The molecule has 140 valence electrons. The third-order valence-corrected chi connectivity index (χ3v) is 5.18. The van der Waals surface area contributed by atoms with Crippen molar-refractivity contribution in [2.45, 2.75) is 26.2 Å². The van der Waals surface area contributed by atoms with Gasteiger partial charge in [-0.05, 0) is 37.9 Å². The summed E-state index contributed by atoms with van der Waals surface area (Å²) in [5, 5.41) is 5.41. The number of hydrogen-bond donors (Lipinski definition) is 2. The molecule has 3 rings (SSSR count). The minimum Gasteiger partial charge on any atom is -0.339 e. The number of anilines is 1. The normalized spacial score (nSPS) is 13.4. The summed E-state index contributed by atoms with van der Waals surface area (Å²) in [6, 6.07) is 5.50. The van der Waals surface area contributed by atoms with E-state index in [2.05, 4.69) is 10.3 Å². The van der Waals surface area contributed by atoms with Crippen molar-refractivity contribution >= 4 is 41.2 Å². The minimum absolute atomic E-state index is 0. The molecule has 1 aliphatic heterocycles. The molecule has 1 aromatic heterocycles. The average Bonchev–Trinajstić information content (AvgIpc) is 3.27. The fourth-order valence-corrected chi connectivity index (χ4v) is 3.77. The Balaban J connectivity index is 0.00000243. The molecular weight excluding hydrogens is 372 g/mol. The van der Waals surface area contributed by atoms with E-state index < -0.39 is 0 Å². The Bertz CT molecular complexity index is 787. The Kier molecular flexibility index (Phi) is 7.14. The monoisotopic (exact) mass is 394 g/mol. The van der Waals surface area contributed by atoms with Crippen LogP contribution in [0.15, 0.2) is 23.6 Å². The number of hydrogen-bond acceptors (Lipinski definition) is 5. The zero-order chi connectivity index (χ0) is 17.8. The van der Waals surface area contributed by atoms with Crippen molar-refractivity contribution in [1.82, 2.24) is 9.88 Å². The quantitative estimate of drug-likeness (QED) is 0.816. The van der Waals surface area contributed by atoms with Crippen molar-refractivity contribution in [2.24, 2.45) is 5.73 Å². The van der Waals surface area contributed by atoms with Gasteiger partial charge in [-0.3, -0.25) is 9.59 Å². The van der Waals surface area contributed by atoms with Gasteiger partial charge in [-0.15, -0.1) is 23.7 Å². The molecule has 0 spiro atoms. The second-order valence-corrected chi connectivity index (χ2v) is 7.06. The zero-order valence-corrected chi connectivity index (χ0v) is 16.3. The lowest BCUT2D eigenvalue weighted by molar-refractivity contribution is 0.0793. The molecule has 1 saturated heterocycles. The molecule has 0 aliphatic carbocycles. The topological polar surface area (TPSA) is 88.3 Å². The molecule has 6 nitrogen and oxygen atoms in total. The number of nitrogens with zero attached hydrogens (tertiary/aromatic N) is 2. The van der Waals surface area contributed by atoms with Crippen molar-refractivity contribution in [1.29, 1.82) is 0 Å². The number of aryl methyl sites for hydroxylation is 1. The molecule has 3 N–H and O–H groups in total. The van der Waals surface area contributed by atoms with Crippen LogP contribution in [0.4, 0.5) is 5.69 Å². The molecule has 0 unspecified atom stereocenters. The zero-order valence-electron chi connectivity index (χ0n) is 14.7. The number of carbonyl (C=O) groups excluding carboxylic acids is 2. The second kappa shape index (κ2) is 9.12. The molecule has 26 heavy (non-hydrogen) atoms. The predicted molar refractivity (Wildman–Crippen MR) is 106 cm³/mol. The van der Waals surface area contributed by atoms with Crippen LogP contribution in [0, 0.1) is 6.92 Å². The number of rotatable bonds is 5. The molecule has 0 bridgehead atoms. The van der Waals surface area contributed by atoms with Gasteiger partial charge >= 0.3 is 0 Å². The molecule has 0 atom stereocenters. The van der Waals surface area contributed by atoms with Crippen LogP contribution in [-0.4, -0.2) is 41.3 Å². The minimum atomic E-state index is -0.305. The van der Waals surface area contributed by atoms with Crippen LogP contribution in [0.1, 0.15) is 44.3 Å². The van der Waals surface area contributed by atoms with Crippen LogP contribution in [0.3, 0.4) is 0 Å². The highest BCUT2D eigenvalue weighted by atomic mass is 35.5. The van der Waals surface area contributed by atoms with E-state index in [1.165, 1.54) is 11.3 Å². The lowest BCUT2D eigenvalue weighted by atomic mass is 10.0. The lowest BCUT2D eigenvalue weighted by Crippen LogP contribution is -2.29. The van der Waals surface area contributed by atoms with Gasteiger partial charge in [0, 0.05) is 24.9 Å². The third kappa shape index (κ3) is 4.41. The summed E-state index contributed by atoms with van der Waals surface area (Å²) in [7, 11) is 0. The number of thiazole rings is 1. The standard InChI is InChI=1S/C18H22N4O2S.ClH/c1-12-5-4-6-13(16(12)18(24)22-9-2-3-10-22)21-17(23)14-11-25-15(20-14)7-8-19;/h4-6,11H,2-3,7-10,19H2,1H3,(H,21,23);1H. The van der Waals surface area contributed by atoms with E-state index in [4.69, 9.17) is 5.73 Å². The maximum absolute atomic E-state index is 12.8. The molecule has 2 amide bonds. The van der Waals surface area contributed by atoms with Crippen LogP contribution in [0.5, 0.6) is 0 Å². The van der Waals surface area contributed by atoms with Gasteiger partial charge in [0.1, 0.15) is 5.69 Å². The van der Waals surface area contributed by atoms with E-state index in [0.29, 0.717) is 29.9 Å². The van der Waals surface area contributed by atoms with Crippen molar-refractivity contribution in [3.8, 4) is 0 Å². The van der Waals surface area contributed by atoms with Gasteiger partial charge in [0.05, 0.1) is 16.3 Å². The van der Waals surface area contributed by atoms with E-state index >= 15 is 0 Å². The molecule has 8 heteroatoms. The molecule has 0 radical (unpaired) electrons. The lowest BCUT2D eigenvalue weighted by Gasteiger charge is -2.19. The Morgan fingerprint density at radius 3 is 2.73 bits per heavy atom. The van der Waals surface area contributed by atoms with E-state index in [1.54, 1.807) is 11.4 Å². The summed E-state index contributed by atoms with van der Waals surface area (Å²) < 4.78 is 0. The Hall–Kier alpha value is -1.96. The SMILES string of the molecule is Cc1cccc(NC(=O)c2csc(CCN)n2)c1C(=O)N1CCCC1.Cl. The summed E-state index contributed by atoms with van der Waals surface area (Å²) in [4.78, 5) is 31.5. The number of halogens is 1. The molecular formula is C18H23ClN4O2S. The highest BCUT2D eigenvalue weighted by Crippen LogP contribution is 2.24. The van der Waals surface area contributed by atoms with Crippen molar-refractivity contribution in [2.75, 3.05) is 25.0 Å². The Morgan fingerprint density at radius 2 is 2.04 bits per heavy atom. The van der Waals surface area contributed by atoms with Crippen molar-refractivity contribution in [3.05, 3.63) is 45.4 Å². The number of carbonyl (C=O) groups is 2. The van der Waals surface area contributed by atoms with Gasteiger partial charge in [-0.2, -0.15) is 0 Å². The third-order valence-electron chi connectivity index (χ3n) is 4.27. The first kappa shape index (κ1) is 20.4. The van der Waals surface area contributed by atoms with Gasteiger partial charge in [0.25, 0.3) is 11.8 Å². The van der Waals surface area contributed by atoms with E-state index in [-0.39, 0.29) is 24.2 Å². The summed E-state index contributed by atoms with van der Waals surface area (Å²) in [6.45, 7) is 3.94. The Labute approximate surface area is 163 Å². The molecule has 2 aromatic rings. The molecule has 0 saturated carbocycles. The summed E-state index contributed by atoms with van der Waals surface area (Å²) in [6.07, 6.45) is 2.71. The highest BCUT2D eigenvalue weighted by molar-refractivity contribution is 7.09. The fourth-order valence-electron chi connectivity index (χ4n) is 2.97. The number of likely N-dealkylation sites (tertiary alicyclic amines) is 1. The van der Waals surface area contributed by atoms with Crippen LogP contribution >= 0.6 is 23.7 Å². The molecule has 2 heterocycles. The van der Waals surface area contributed by atoms with Gasteiger partial charge < -0.3 is 16.0 Å². The summed E-state index contributed by atoms with van der Waals surface area (Å²) in [5.41, 5.74) is 7.84. The number of nitrogens with two attached hydrogens (primary N) is 1.